The van der Waals surface area contributed by atoms with Crippen LogP contribution in [0.3, 0.4) is 0 Å². The van der Waals surface area contributed by atoms with Crippen molar-refractivity contribution in [3.63, 3.8) is 0 Å². The molecule has 0 aliphatic carbocycles. The fourth-order valence-corrected chi connectivity index (χ4v) is 2.82. The Morgan fingerprint density at radius 3 is 2.57 bits per heavy atom. The summed E-state index contributed by atoms with van der Waals surface area (Å²) < 4.78 is 0.637. The number of aryl methyl sites for hydroxylation is 1. The van der Waals surface area contributed by atoms with Gasteiger partial charge in [0, 0.05) is 23.1 Å². The molecular formula is C17H15N3O2S. The number of aromatic nitrogens is 2. The van der Waals surface area contributed by atoms with Gasteiger partial charge in [0.05, 0.1) is 11.3 Å². The molecule has 1 aromatic carbocycles. The minimum Gasteiger partial charge on any atom is -0.619 e. The summed E-state index contributed by atoms with van der Waals surface area (Å²) in [4.78, 5) is 16.5. The Morgan fingerprint density at radius 1 is 1.22 bits per heavy atom. The van der Waals surface area contributed by atoms with Gasteiger partial charge in [-0.3, -0.25) is 10.1 Å². The van der Waals surface area contributed by atoms with E-state index in [-0.39, 0.29) is 5.91 Å². The summed E-state index contributed by atoms with van der Waals surface area (Å²) in [6, 6.07) is 11.2. The lowest BCUT2D eigenvalue weighted by Gasteiger charge is -2.02. The average Bonchev–Trinajstić information content (AvgIpc) is 3.04. The first-order valence-corrected chi connectivity index (χ1v) is 8.08. The molecule has 0 spiro atoms. The van der Waals surface area contributed by atoms with Crippen LogP contribution in [-0.2, 0) is 6.42 Å². The number of carbonyl (C=O) groups excluding carboxylic acids is 1. The molecule has 0 fully saturated rings. The molecule has 5 nitrogen and oxygen atoms in total. The van der Waals surface area contributed by atoms with E-state index < -0.39 is 0 Å². The summed E-state index contributed by atoms with van der Waals surface area (Å²) in [5, 5.41) is 16.2. The van der Waals surface area contributed by atoms with Gasteiger partial charge in [0.1, 0.15) is 0 Å². The summed E-state index contributed by atoms with van der Waals surface area (Å²) >= 11 is 1.37. The Labute approximate surface area is 137 Å². The van der Waals surface area contributed by atoms with Gasteiger partial charge in [-0.2, -0.15) is 4.73 Å². The van der Waals surface area contributed by atoms with Crippen molar-refractivity contribution in [2.24, 2.45) is 0 Å². The van der Waals surface area contributed by atoms with Crippen molar-refractivity contribution in [3.05, 3.63) is 70.5 Å². The molecule has 0 bridgehead atoms. The van der Waals surface area contributed by atoms with Crippen molar-refractivity contribution in [1.82, 2.24) is 4.98 Å². The van der Waals surface area contributed by atoms with E-state index in [1.165, 1.54) is 41.4 Å². The molecule has 3 aromatic rings. The van der Waals surface area contributed by atoms with Crippen LogP contribution in [0.1, 0.15) is 22.8 Å². The molecule has 1 N–H and O–H groups in total. The second-order valence-corrected chi connectivity index (χ2v) is 5.85. The van der Waals surface area contributed by atoms with E-state index in [4.69, 9.17) is 0 Å². The largest absolute Gasteiger partial charge is 0.619 e. The predicted octanol–water partition coefficient (Wildman–Crippen LogP) is 3.26. The molecule has 3 rings (SSSR count). The summed E-state index contributed by atoms with van der Waals surface area (Å²) in [7, 11) is 0. The molecule has 0 aliphatic rings. The number of hydrogen-bond acceptors (Lipinski definition) is 4. The van der Waals surface area contributed by atoms with Gasteiger partial charge >= 0.3 is 0 Å². The summed E-state index contributed by atoms with van der Waals surface area (Å²) in [6.45, 7) is 2.11. The smallest absolute Gasteiger partial charge is 0.257 e. The lowest BCUT2D eigenvalue weighted by molar-refractivity contribution is -0.605. The van der Waals surface area contributed by atoms with Crippen molar-refractivity contribution >= 4 is 22.4 Å². The first-order chi connectivity index (χ1) is 11.2. The first-order valence-electron chi connectivity index (χ1n) is 7.20. The molecule has 116 valence electrons. The molecule has 6 heteroatoms. The van der Waals surface area contributed by atoms with Gasteiger partial charge in [-0.1, -0.05) is 31.2 Å². The van der Waals surface area contributed by atoms with Gasteiger partial charge in [-0.05, 0) is 12.0 Å². The number of hydrogen-bond donors (Lipinski definition) is 1. The van der Waals surface area contributed by atoms with Crippen molar-refractivity contribution in [3.8, 4) is 11.3 Å². The normalized spacial score (nSPS) is 10.5. The fraction of sp³-hybridized carbons (Fsp3) is 0.118. The highest BCUT2D eigenvalue weighted by atomic mass is 32.1. The minimum atomic E-state index is -0.284. The Morgan fingerprint density at radius 2 is 1.91 bits per heavy atom. The number of amides is 1. The van der Waals surface area contributed by atoms with E-state index in [0.29, 0.717) is 15.4 Å². The number of anilines is 1. The van der Waals surface area contributed by atoms with Crippen LogP contribution in [-0.4, -0.2) is 10.9 Å². The molecule has 0 aliphatic heterocycles. The summed E-state index contributed by atoms with van der Waals surface area (Å²) in [5.74, 6) is -0.284. The van der Waals surface area contributed by atoms with Crippen LogP contribution in [0, 0.1) is 5.21 Å². The molecule has 0 unspecified atom stereocenters. The van der Waals surface area contributed by atoms with Crippen LogP contribution in [0.5, 0.6) is 0 Å². The average molecular weight is 325 g/mol. The standard InChI is InChI=1S/C17H15N3O2S/c1-2-12-3-5-13(6-4-12)15-11-23-17(18-15)19-16(21)14-7-9-20(22)10-8-14/h3-11H,2H2,1H3,(H,18,19,21). The third kappa shape index (κ3) is 3.54. The predicted molar refractivity (Wildman–Crippen MR) is 90.3 cm³/mol. The van der Waals surface area contributed by atoms with E-state index in [1.807, 2.05) is 17.5 Å². The van der Waals surface area contributed by atoms with Crippen molar-refractivity contribution in [2.45, 2.75) is 13.3 Å². The van der Waals surface area contributed by atoms with Gasteiger partial charge in [0.25, 0.3) is 5.91 Å². The monoisotopic (exact) mass is 325 g/mol. The highest BCUT2D eigenvalue weighted by Gasteiger charge is 2.10. The maximum Gasteiger partial charge on any atom is 0.257 e. The number of nitrogens with zero attached hydrogens (tertiary/aromatic N) is 2. The lowest BCUT2D eigenvalue weighted by atomic mass is 10.1. The molecule has 2 heterocycles. The Kier molecular flexibility index (Phi) is 4.34. The summed E-state index contributed by atoms with van der Waals surface area (Å²) in [6.07, 6.45) is 3.58. The van der Waals surface area contributed by atoms with Gasteiger partial charge in [-0.25, -0.2) is 4.98 Å². The highest BCUT2D eigenvalue weighted by Crippen LogP contribution is 2.25. The molecule has 23 heavy (non-hydrogen) atoms. The minimum absolute atomic E-state index is 0.284. The zero-order chi connectivity index (χ0) is 16.2. The number of nitrogens with one attached hydrogen (secondary N) is 1. The molecule has 0 atom stereocenters. The zero-order valence-electron chi connectivity index (χ0n) is 12.5. The van der Waals surface area contributed by atoms with Gasteiger partial charge < -0.3 is 5.21 Å². The van der Waals surface area contributed by atoms with E-state index in [1.54, 1.807) is 0 Å². The number of carbonyl (C=O) groups is 1. The molecule has 0 radical (unpaired) electrons. The van der Waals surface area contributed by atoms with E-state index in [2.05, 4.69) is 29.4 Å². The van der Waals surface area contributed by atoms with E-state index in [0.717, 1.165) is 17.7 Å². The zero-order valence-corrected chi connectivity index (χ0v) is 13.3. The Balaban J connectivity index is 1.73. The van der Waals surface area contributed by atoms with Crippen LogP contribution in [0.15, 0.2) is 54.2 Å². The van der Waals surface area contributed by atoms with Crippen LogP contribution in [0.25, 0.3) is 11.3 Å². The SMILES string of the molecule is CCc1ccc(-c2csc(NC(=O)c3cc[n+]([O-])cc3)n2)cc1. The molecule has 2 aromatic heterocycles. The number of rotatable bonds is 4. The van der Waals surface area contributed by atoms with Crippen molar-refractivity contribution < 1.29 is 9.52 Å². The van der Waals surface area contributed by atoms with Crippen LogP contribution in [0.2, 0.25) is 0 Å². The lowest BCUT2D eigenvalue weighted by Crippen LogP contribution is -2.25. The third-order valence-electron chi connectivity index (χ3n) is 3.45. The fourth-order valence-electron chi connectivity index (χ4n) is 2.11. The van der Waals surface area contributed by atoms with E-state index >= 15 is 0 Å². The number of benzene rings is 1. The van der Waals surface area contributed by atoms with Crippen LogP contribution >= 0.6 is 11.3 Å². The number of thiazole rings is 1. The Hall–Kier alpha value is -2.73. The van der Waals surface area contributed by atoms with Crippen LogP contribution < -0.4 is 10.0 Å². The number of pyridine rings is 1. The molecule has 0 saturated carbocycles. The van der Waals surface area contributed by atoms with Crippen molar-refractivity contribution in [2.75, 3.05) is 5.32 Å². The van der Waals surface area contributed by atoms with Gasteiger partial charge in [-0.15, -0.1) is 11.3 Å². The topological polar surface area (TPSA) is 68.9 Å². The molecular weight excluding hydrogens is 310 g/mol. The molecule has 0 saturated heterocycles. The maximum absolute atomic E-state index is 12.1. The van der Waals surface area contributed by atoms with E-state index in [9.17, 15) is 10.0 Å². The second kappa shape index (κ2) is 6.58. The van der Waals surface area contributed by atoms with Crippen molar-refractivity contribution in [1.29, 1.82) is 0 Å². The van der Waals surface area contributed by atoms with Gasteiger partial charge in [0.2, 0.25) is 0 Å². The summed E-state index contributed by atoms with van der Waals surface area (Å²) in [5.41, 5.74) is 3.54. The maximum atomic E-state index is 12.1. The Bertz CT molecular complexity index is 811. The molecule has 1 amide bonds. The third-order valence-corrected chi connectivity index (χ3v) is 4.20. The quantitative estimate of drug-likeness (QED) is 0.591. The highest BCUT2D eigenvalue weighted by molar-refractivity contribution is 7.14. The van der Waals surface area contributed by atoms with Crippen LogP contribution in [0.4, 0.5) is 5.13 Å². The van der Waals surface area contributed by atoms with Gasteiger partial charge in [0.15, 0.2) is 17.5 Å². The second-order valence-electron chi connectivity index (χ2n) is 4.99. The first kappa shape index (κ1) is 15.2.